The first kappa shape index (κ1) is 36.8. The second-order valence-corrected chi connectivity index (χ2v) is 16.9. The van der Waals surface area contributed by atoms with Gasteiger partial charge in [0.2, 0.25) is 0 Å². The van der Waals surface area contributed by atoms with Crippen LogP contribution in [0.3, 0.4) is 0 Å². The number of methoxy groups -OCH3 is 1. The summed E-state index contributed by atoms with van der Waals surface area (Å²) in [6.45, 7) is 8.39. The summed E-state index contributed by atoms with van der Waals surface area (Å²) >= 11 is 0. The molecule has 4 saturated carbocycles. The van der Waals surface area contributed by atoms with Crippen LogP contribution in [0.5, 0.6) is 0 Å². The molecular weight excluding hydrogens is 620 g/mol. The lowest BCUT2D eigenvalue weighted by atomic mass is 9.42. The lowest BCUT2D eigenvalue weighted by Gasteiger charge is -2.66. The number of hydrogen-bond donors (Lipinski definition) is 6. The summed E-state index contributed by atoms with van der Waals surface area (Å²) in [6, 6.07) is 0. The van der Waals surface area contributed by atoms with Crippen LogP contribution >= 0.6 is 0 Å². The summed E-state index contributed by atoms with van der Waals surface area (Å²) in [7, 11) is -3.47. The fourth-order valence-corrected chi connectivity index (χ4v) is 11.7. The van der Waals surface area contributed by atoms with Crippen LogP contribution in [-0.4, -0.2) is 107 Å². The normalized spacial score (nSPS) is 49.1. The highest BCUT2D eigenvalue weighted by atomic mass is 32.3. The predicted octanol–water partition coefficient (Wildman–Crippen LogP) is 2.58. The van der Waals surface area contributed by atoms with E-state index in [9.17, 15) is 34.0 Å². The van der Waals surface area contributed by atoms with Crippen molar-refractivity contribution in [3.05, 3.63) is 0 Å². The molecule has 0 aromatic rings. The third-order valence-electron chi connectivity index (χ3n) is 13.2. The molecule has 5 fully saturated rings. The first-order valence-corrected chi connectivity index (χ1v) is 18.7. The SMILES string of the molecule is CCC[C@H](CC[C@@H](C)[C@H]1C[C@H](O)[C@@H]2[C@]1(C)CC[C@@H]1[C@@]3(C)CC[C@H](O)C[C@@H]3[C@@H](O)C[C@]12O)O[C@@H]1OC[C@H](OS(=O)(=O)O)[C@@H](OC)[C@@H]1O. The number of rotatable bonds is 11. The molecule has 6 N–H and O–H groups in total. The number of fused-ring (bicyclic) bond motifs is 5. The van der Waals surface area contributed by atoms with Crippen LogP contribution < -0.4 is 0 Å². The standard InChI is InChI=1S/C33H58O12S/c1-6-7-20(44-30-27(37)28(42-5)25(17-43-30)45-46(39,40)41)9-8-18(2)21-15-23(35)29-32(21,4)13-11-26-31(3)12-10-19(34)14-22(31)24(36)16-33(26,29)38/h18-30,34-38H,6-17H2,1-5H3,(H,39,40,41)/t18-,19+,20-,21-,22-,23+,24+,25+,26-,27+,28-,29-,30+,31+,32-,33+/m1/s1. The molecule has 0 aromatic heterocycles. The van der Waals surface area contributed by atoms with Crippen molar-refractivity contribution in [2.24, 2.45) is 40.4 Å². The third kappa shape index (κ3) is 6.69. The van der Waals surface area contributed by atoms with Gasteiger partial charge in [0, 0.05) is 19.4 Å². The van der Waals surface area contributed by atoms with Crippen molar-refractivity contribution in [1.82, 2.24) is 0 Å². The van der Waals surface area contributed by atoms with Gasteiger partial charge in [0.05, 0.1) is 36.6 Å². The summed E-state index contributed by atoms with van der Waals surface area (Å²) in [4.78, 5) is 0. The molecule has 1 saturated heterocycles. The zero-order valence-corrected chi connectivity index (χ0v) is 28.8. The topological polar surface area (TPSA) is 192 Å². The molecule has 1 heterocycles. The van der Waals surface area contributed by atoms with E-state index in [1.54, 1.807) is 0 Å². The minimum Gasteiger partial charge on any atom is -0.393 e. The van der Waals surface area contributed by atoms with Gasteiger partial charge in [-0.1, -0.05) is 34.1 Å². The highest BCUT2D eigenvalue weighted by molar-refractivity contribution is 7.80. The van der Waals surface area contributed by atoms with Gasteiger partial charge in [-0.3, -0.25) is 4.55 Å². The Labute approximate surface area is 274 Å². The molecule has 13 heteroatoms. The maximum absolute atomic E-state index is 12.5. The van der Waals surface area contributed by atoms with E-state index in [1.807, 2.05) is 6.92 Å². The molecule has 1 aliphatic heterocycles. The van der Waals surface area contributed by atoms with Crippen LogP contribution in [0, 0.1) is 40.4 Å². The molecule has 0 bridgehead atoms. The van der Waals surface area contributed by atoms with E-state index < -0.39 is 58.9 Å². The lowest BCUT2D eigenvalue weighted by molar-refractivity contribution is -0.284. The molecule has 0 spiro atoms. The van der Waals surface area contributed by atoms with Crippen LogP contribution in [-0.2, 0) is 28.8 Å². The summed E-state index contributed by atoms with van der Waals surface area (Å²) < 4.78 is 53.4. The maximum atomic E-state index is 12.5. The molecule has 268 valence electrons. The van der Waals surface area contributed by atoms with Gasteiger partial charge in [0.25, 0.3) is 0 Å². The highest BCUT2D eigenvalue weighted by Gasteiger charge is 2.70. The van der Waals surface area contributed by atoms with E-state index in [-0.39, 0.29) is 59.6 Å². The zero-order valence-electron chi connectivity index (χ0n) is 28.0. The van der Waals surface area contributed by atoms with Crippen molar-refractivity contribution < 1.29 is 56.9 Å². The Balaban J connectivity index is 1.25. The molecule has 16 atom stereocenters. The molecule has 5 rings (SSSR count). The van der Waals surface area contributed by atoms with Gasteiger partial charge in [-0.05, 0) is 92.3 Å². The van der Waals surface area contributed by atoms with Crippen molar-refractivity contribution in [2.45, 2.75) is 153 Å². The van der Waals surface area contributed by atoms with Crippen LogP contribution in [0.2, 0.25) is 0 Å². The Morgan fingerprint density at radius 1 is 0.978 bits per heavy atom. The van der Waals surface area contributed by atoms with Crippen molar-refractivity contribution in [3.63, 3.8) is 0 Å². The Kier molecular flexibility index (Phi) is 11.0. The van der Waals surface area contributed by atoms with Gasteiger partial charge < -0.3 is 39.7 Å². The maximum Gasteiger partial charge on any atom is 0.397 e. The molecule has 5 aliphatic rings. The molecule has 0 aromatic carbocycles. The van der Waals surface area contributed by atoms with E-state index in [0.29, 0.717) is 32.1 Å². The summed E-state index contributed by atoms with van der Waals surface area (Å²) in [5.74, 6) is -0.0796. The molecular formula is C33H58O12S. The second-order valence-electron chi connectivity index (χ2n) is 15.8. The molecule has 0 amide bonds. The largest absolute Gasteiger partial charge is 0.397 e. The highest BCUT2D eigenvalue weighted by Crippen LogP contribution is 2.69. The first-order valence-electron chi connectivity index (χ1n) is 17.4. The fraction of sp³-hybridized carbons (Fsp3) is 1.00. The Bertz CT molecular complexity index is 1160. The van der Waals surface area contributed by atoms with Crippen LogP contribution in [0.1, 0.15) is 98.3 Å². The van der Waals surface area contributed by atoms with Crippen molar-refractivity contribution in [3.8, 4) is 0 Å². The van der Waals surface area contributed by atoms with Crippen molar-refractivity contribution >= 4 is 10.4 Å². The predicted molar refractivity (Wildman–Crippen MR) is 167 cm³/mol. The average Bonchev–Trinajstić information content (AvgIpc) is 3.24. The number of hydrogen-bond acceptors (Lipinski definition) is 11. The summed E-state index contributed by atoms with van der Waals surface area (Å²) in [5, 5.41) is 56.8. The Hall–Kier alpha value is -0.450. The number of aliphatic hydroxyl groups is 5. The van der Waals surface area contributed by atoms with Gasteiger partial charge >= 0.3 is 10.4 Å². The van der Waals surface area contributed by atoms with Gasteiger partial charge in [-0.15, -0.1) is 0 Å². The van der Waals surface area contributed by atoms with Crippen molar-refractivity contribution in [2.75, 3.05) is 13.7 Å². The smallest absolute Gasteiger partial charge is 0.393 e. The number of aliphatic hydroxyl groups excluding tert-OH is 4. The van der Waals surface area contributed by atoms with Gasteiger partial charge in [0.1, 0.15) is 18.3 Å². The van der Waals surface area contributed by atoms with E-state index in [4.69, 9.17) is 18.8 Å². The van der Waals surface area contributed by atoms with Crippen LogP contribution in [0.15, 0.2) is 0 Å². The Morgan fingerprint density at radius 2 is 1.67 bits per heavy atom. The fourth-order valence-electron chi connectivity index (χ4n) is 11.3. The molecule has 4 aliphatic carbocycles. The van der Waals surface area contributed by atoms with Gasteiger partial charge in [-0.2, -0.15) is 8.42 Å². The molecule has 0 radical (unpaired) electrons. The minimum atomic E-state index is -4.77. The van der Waals surface area contributed by atoms with Gasteiger partial charge in [0.15, 0.2) is 6.29 Å². The summed E-state index contributed by atoms with van der Waals surface area (Å²) in [6.07, 6.45) is 0.739. The third-order valence-corrected chi connectivity index (χ3v) is 13.7. The van der Waals surface area contributed by atoms with Crippen LogP contribution in [0.25, 0.3) is 0 Å². The molecule has 46 heavy (non-hydrogen) atoms. The monoisotopic (exact) mass is 678 g/mol. The van der Waals surface area contributed by atoms with E-state index in [1.165, 1.54) is 7.11 Å². The first-order chi connectivity index (χ1) is 21.5. The summed E-state index contributed by atoms with van der Waals surface area (Å²) in [5.41, 5.74) is -1.77. The van der Waals surface area contributed by atoms with E-state index in [2.05, 4.69) is 25.0 Å². The quantitative estimate of drug-likeness (QED) is 0.175. The van der Waals surface area contributed by atoms with Gasteiger partial charge in [-0.25, -0.2) is 4.18 Å². The lowest BCUT2D eigenvalue weighted by Crippen LogP contribution is -2.68. The number of ether oxygens (including phenoxy) is 3. The van der Waals surface area contributed by atoms with Crippen LogP contribution in [0.4, 0.5) is 0 Å². The zero-order chi connectivity index (χ0) is 33.8. The Morgan fingerprint density at radius 3 is 2.33 bits per heavy atom. The van der Waals surface area contributed by atoms with E-state index >= 15 is 0 Å². The van der Waals surface area contributed by atoms with Crippen molar-refractivity contribution in [1.29, 1.82) is 0 Å². The average molecular weight is 679 g/mol. The second kappa shape index (κ2) is 13.7. The molecule has 0 unspecified atom stereocenters. The minimum absolute atomic E-state index is 0.0367. The molecule has 12 nitrogen and oxygen atoms in total. The van der Waals surface area contributed by atoms with E-state index in [0.717, 1.165) is 32.1 Å².